The van der Waals surface area contributed by atoms with Gasteiger partial charge >= 0.3 is 5.97 Å². The van der Waals surface area contributed by atoms with E-state index in [-0.39, 0.29) is 17.6 Å². The molecule has 22 heavy (non-hydrogen) atoms. The summed E-state index contributed by atoms with van der Waals surface area (Å²) in [5.74, 6) is -0.439. The molecule has 2 rings (SSSR count). The Morgan fingerprint density at radius 2 is 2.18 bits per heavy atom. The normalized spacial score (nSPS) is 13.5. The Kier molecular flexibility index (Phi) is 4.98. The van der Waals surface area contributed by atoms with E-state index in [1.165, 1.54) is 23.9 Å². The summed E-state index contributed by atoms with van der Waals surface area (Å²) < 4.78 is 6.50. The van der Waals surface area contributed by atoms with Crippen LogP contribution in [0.15, 0.2) is 35.1 Å². The van der Waals surface area contributed by atoms with Crippen molar-refractivity contribution in [3.63, 3.8) is 0 Å². The molecule has 7 nitrogen and oxygen atoms in total. The number of amides is 1. The molecular weight excluding hydrogens is 286 g/mol. The van der Waals surface area contributed by atoms with Crippen LogP contribution in [0.5, 0.6) is 0 Å². The van der Waals surface area contributed by atoms with Crippen molar-refractivity contribution >= 4 is 11.9 Å². The van der Waals surface area contributed by atoms with Crippen molar-refractivity contribution in [3.8, 4) is 0 Å². The van der Waals surface area contributed by atoms with E-state index in [2.05, 4.69) is 10.4 Å². The van der Waals surface area contributed by atoms with E-state index in [0.29, 0.717) is 0 Å². The predicted molar refractivity (Wildman–Crippen MR) is 78.5 cm³/mol. The predicted octanol–water partition coefficient (Wildman–Crippen LogP) is 1.87. The van der Waals surface area contributed by atoms with Gasteiger partial charge in [0.25, 0.3) is 5.91 Å². The highest BCUT2D eigenvalue weighted by molar-refractivity contribution is 5.92. The number of aliphatic carboxylic acids is 1. The second kappa shape index (κ2) is 6.93. The molecular formula is C15H19N3O4. The monoisotopic (exact) mass is 305 g/mol. The summed E-state index contributed by atoms with van der Waals surface area (Å²) in [4.78, 5) is 22.9. The molecule has 0 aliphatic carbocycles. The maximum atomic E-state index is 12.1. The number of rotatable bonds is 7. The van der Waals surface area contributed by atoms with Crippen LogP contribution >= 0.6 is 0 Å². The first-order chi connectivity index (χ1) is 10.5. The SMILES string of the molecule is CC(CCc1ccco1)NC(=O)c1ccn(C(C)C(=O)O)n1. The van der Waals surface area contributed by atoms with Gasteiger partial charge in [-0.25, -0.2) is 4.79 Å². The average Bonchev–Trinajstić information content (AvgIpc) is 3.15. The maximum Gasteiger partial charge on any atom is 0.328 e. The van der Waals surface area contributed by atoms with Gasteiger partial charge in [0.1, 0.15) is 17.5 Å². The van der Waals surface area contributed by atoms with E-state index >= 15 is 0 Å². The summed E-state index contributed by atoms with van der Waals surface area (Å²) in [5.41, 5.74) is 0.206. The highest BCUT2D eigenvalue weighted by Gasteiger charge is 2.17. The number of nitrogens with zero attached hydrogens (tertiary/aromatic N) is 2. The first-order valence-corrected chi connectivity index (χ1v) is 7.08. The van der Waals surface area contributed by atoms with Crippen molar-refractivity contribution in [1.29, 1.82) is 0 Å². The molecule has 0 bridgehead atoms. The molecule has 1 amide bonds. The quantitative estimate of drug-likeness (QED) is 0.814. The van der Waals surface area contributed by atoms with Gasteiger partial charge in [0, 0.05) is 18.7 Å². The average molecular weight is 305 g/mol. The third kappa shape index (κ3) is 3.97. The topological polar surface area (TPSA) is 97.4 Å². The van der Waals surface area contributed by atoms with Crippen LogP contribution in [0.3, 0.4) is 0 Å². The molecule has 0 radical (unpaired) electrons. The minimum atomic E-state index is -0.998. The molecule has 0 aromatic carbocycles. The summed E-state index contributed by atoms with van der Waals surface area (Å²) in [5, 5.41) is 15.8. The number of aryl methyl sites for hydroxylation is 1. The molecule has 2 heterocycles. The summed E-state index contributed by atoms with van der Waals surface area (Å²) in [6.07, 6.45) is 4.58. The molecule has 118 valence electrons. The molecule has 0 saturated heterocycles. The lowest BCUT2D eigenvalue weighted by Crippen LogP contribution is -2.33. The molecule has 0 aliphatic heterocycles. The molecule has 0 spiro atoms. The zero-order valence-electron chi connectivity index (χ0n) is 12.5. The minimum Gasteiger partial charge on any atom is -0.480 e. The molecule has 2 N–H and O–H groups in total. The van der Waals surface area contributed by atoms with Gasteiger partial charge in [0.05, 0.1) is 6.26 Å². The van der Waals surface area contributed by atoms with Crippen LogP contribution in [0.25, 0.3) is 0 Å². The van der Waals surface area contributed by atoms with E-state index < -0.39 is 12.0 Å². The Balaban J connectivity index is 1.87. The fourth-order valence-corrected chi connectivity index (χ4v) is 1.97. The number of carboxylic acids is 1. The Morgan fingerprint density at radius 3 is 2.82 bits per heavy atom. The van der Waals surface area contributed by atoms with Crippen molar-refractivity contribution in [2.75, 3.05) is 0 Å². The smallest absolute Gasteiger partial charge is 0.328 e. The van der Waals surface area contributed by atoms with Crippen LogP contribution < -0.4 is 5.32 Å². The maximum absolute atomic E-state index is 12.1. The van der Waals surface area contributed by atoms with Gasteiger partial charge in [-0.2, -0.15) is 5.10 Å². The fourth-order valence-electron chi connectivity index (χ4n) is 1.97. The van der Waals surface area contributed by atoms with Gasteiger partial charge in [-0.3, -0.25) is 9.48 Å². The number of nitrogens with one attached hydrogen (secondary N) is 1. The van der Waals surface area contributed by atoms with Gasteiger partial charge in [-0.15, -0.1) is 0 Å². The number of carbonyl (C=O) groups is 2. The lowest BCUT2D eigenvalue weighted by atomic mass is 10.1. The van der Waals surface area contributed by atoms with E-state index in [0.717, 1.165) is 18.6 Å². The number of furan rings is 1. The van der Waals surface area contributed by atoms with Gasteiger partial charge in [-0.05, 0) is 38.5 Å². The number of carboxylic acid groups (broad SMARTS) is 1. The van der Waals surface area contributed by atoms with E-state index in [1.807, 2.05) is 19.1 Å². The zero-order valence-corrected chi connectivity index (χ0v) is 12.5. The van der Waals surface area contributed by atoms with Crippen LogP contribution in [-0.2, 0) is 11.2 Å². The van der Waals surface area contributed by atoms with Crippen molar-refractivity contribution in [3.05, 3.63) is 42.1 Å². The van der Waals surface area contributed by atoms with Crippen molar-refractivity contribution in [1.82, 2.24) is 15.1 Å². The van der Waals surface area contributed by atoms with Crippen molar-refractivity contribution in [2.45, 2.75) is 38.8 Å². The second-order valence-electron chi connectivity index (χ2n) is 5.19. The van der Waals surface area contributed by atoms with Gasteiger partial charge < -0.3 is 14.8 Å². The number of hydrogen-bond donors (Lipinski definition) is 2. The highest BCUT2D eigenvalue weighted by atomic mass is 16.4. The molecule has 2 aromatic heterocycles. The molecule has 0 aliphatic rings. The van der Waals surface area contributed by atoms with E-state index in [9.17, 15) is 9.59 Å². The van der Waals surface area contributed by atoms with E-state index in [1.54, 1.807) is 6.26 Å². The molecule has 2 aromatic rings. The Bertz CT molecular complexity index is 633. The second-order valence-corrected chi connectivity index (χ2v) is 5.19. The van der Waals surface area contributed by atoms with Crippen LogP contribution in [0.4, 0.5) is 0 Å². The number of hydrogen-bond acceptors (Lipinski definition) is 4. The molecule has 2 unspecified atom stereocenters. The van der Waals surface area contributed by atoms with Crippen molar-refractivity contribution < 1.29 is 19.1 Å². The third-order valence-corrected chi connectivity index (χ3v) is 3.38. The summed E-state index contributed by atoms with van der Waals surface area (Å²) >= 11 is 0. The van der Waals surface area contributed by atoms with E-state index in [4.69, 9.17) is 9.52 Å². The van der Waals surface area contributed by atoms with Crippen LogP contribution in [-0.4, -0.2) is 32.8 Å². The molecule has 2 atom stereocenters. The fraction of sp³-hybridized carbons (Fsp3) is 0.400. The van der Waals surface area contributed by atoms with Crippen LogP contribution in [0, 0.1) is 0 Å². The summed E-state index contributed by atoms with van der Waals surface area (Å²) in [7, 11) is 0. The number of aromatic nitrogens is 2. The molecule has 7 heteroatoms. The first kappa shape index (κ1) is 15.8. The largest absolute Gasteiger partial charge is 0.480 e. The molecule has 0 saturated carbocycles. The first-order valence-electron chi connectivity index (χ1n) is 7.08. The number of carbonyl (C=O) groups excluding carboxylic acids is 1. The van der Waals surface area contributed by atoms with Crippen molar-refractivity contribution in [2.24, 2.45) is 0 Å². The summed E-state index contributed by atoms with van der Waals surface area (Å²) in [6.45, 7) is 3.40. The molecule has 0 fully saturated rings. The van der Waals surface area contributed by atoms with Gasteiger partial charge in [0.15, 0.2) is 0 Å². The van der Waals surface area contributed by atoms with Gasteiger partial charge in [-0.1, -0.05) is 0 Å². The lowest BCUT2D eigenvalue weighted by Gasteiger charge is -2.12. The third-order valence-electron chi connectivity index (χ3n) is 3.38. The summed E-state index contributed by atoms with van der Waals surface area (Å²) in [6, 6.07) is 4.38. The lowest BCUT2D eigenvalue weighted by molar-refractivity contribution is -0.140. The zero-order chi connectivity index (χ0) is 16.1. The minimum absolute atomic E-state index is 0.0420. The highest BCUT2D eigenvalue weighted by Crippen LogP contribution is 2.08. The standard InChI is InChI=1S/C15H19N3O4/c1-10(5-6-12-4-3-9-22-12)16-14(19)13-7-8-18(17-13)11(2)15(20)21/h3-4,7-11H,5-6H2,1-2H3,(H,16,19)(H,20,21). The Labute approximate surface area is 127 Å². The van der Waals surface area contributed by atoms with Crippen LogP contribution in [0.2, 0.25) is 0 Å². The Morgan fingerprint density at radius 1 is 1.41 bits per heavy atom. The van der Waals surface area contributed by atoms with Crippen LogP contribution in [0.1, 0.15) is 42.6 Å². The van der Waals surface area contributed by atoms with Gasteiger partial charge in [0.2, 0.25) is 0 Å². The Hall–Kier alpha value is -2.57.